The van der Waals surface area contributed by atoms with E-state index in [1.54, 1.807) is 0 Å². The molecule has 1 aliphatic rings. The van der Waals surface area contributed by atoms with E-state index >= 15 is 0 Å². The summed E-state index contributed by atoms with van der Waals surface area (Å²) in [6, 6.07) is 0. The van der Waals surface area contributed by atoms with Gasteiger partial charge in [0.15, 0.2) is 0 Å². The largest absolute Gasteiger partial charge is 0.376 e. The highest BCUT2D eigenvalue weighted by molar-refractivity contribution is 4.66. The highest BCUT2D eigenvalue weighted by Gasteiger charge is 2.21. The number of hydrogen-bond donors (Lipinski definition) is 0. The Bertz CT molecular complexity index is 207. The quantitative estimate of drug-likeness (QED) is 0.174. The molecular weight excluding hydrogens is 268 g/mol. The molecular formula is C17H34O4. The van der Waals surface area contributed by atoms with Gasteiger partial charge in [-0.05, 0) is 6.42 Å². The predicted octanol–water partition coefficient (Wildman–Crippen LogP) is 4.27. The molecule has 0 radical (unpaired) electrons. The Morgan fingerprint density at radius 2 is 1.33 bits per heavy atom. The molecule has 0 amide bonds. The van der Waals surface area contributed by atoms with Crippen molar-refractivity contribution in [1.29, 1.82) is 0 Å². The zero-order chi connectivity index (χ0) is 15.0. The molecule has 126 valence electrons. The predicted molar refractivity (Wildman–Crippen MR) is 84.3 cm³/mol. The Balaban J connectivity index is 1.59. The number of ether oxygens (including phenoxy) is 2. The maximum absolute atomic E-state index is 5.33. The standard InChI is InChI=1S/C17H34O4/c1-2-3-4-5-6-7-8-9-10-11-12-20-21-14-13-18-15-17-16-19-17/h17H,2-16H2,1H3. The van der Waals surface area contributed by atoms with E-state index in [1.807, 2.05) is 0 Å². The van der Waals surface area contributed by atoms with Crippen LogP contribution in [-0.2, 0) is 19.2 Å². The van der Waals surface area contributed by atoms with Crippen LogP contribution in [0, 0.1) is 0 Å². The molecule has 4 nitrogen and oxygen atoms in total. The van der Waals surface area contributed by atoms with Crippen LogP contribution < -0.4 is 0 Å². The molecule has 1 atom stereocenters. The van der Waals surface area contributed by atoms with Crippen LogP contribution >= 0.6 is 0 Å². The highest BCUT2D eigenvalue weighted by atomic mass is 17.2. The Morgan fingerprint density at radius 3 is 1.95 bits per heavy atom. The van der Waals surface area contributed by atoms with Crippen molar-refractivity contribution in [3.63, 3.8) is 0 Å². The average molecular weight is 302 g/mol. The summed E-state index contributed by atoms with van der Waals surface area (Å²) in [6.07, 6.45) is 13.7. The summed E-state index contributed by atoms with van der Waals surface area (Å²) in [5.74, 6) is 0. The summed E-state index contributed by atoms with van der Waals surface area (Å²) in [5.41, 5.74) is 0. The van der Waals surface area contributed by atoms with Crippen molar-refractivity contribution < 1.29 is 19.2 Å². The smallest absolute Gasteiger partial charge is 0.106 e. The van der Waals surface area contributed by atoms with E-state index in [9.17, 15) is 0 Å². The lowest BCUT2D eigenvalue weighted by Crippen LogP contribution is -2.09. The van der Waals surface area contributed by atoms with Crippen molar-refractivity contribution in [3.05, 3.63) is 0 Å². The number of rotatable bonds is 17. The Kier molecular flexibility index (Phi) is 13.3. The first-order chi connectivity index (χ1) is 10.4. The summed E-state index contributed by atoms with van der Waals surface area (Å²) < 4.78 is 10.4. The molecule has 0 saturated carbocycles. The third-order valence-corrected chi connectivity index (χ3v) is 3.68. The van der Waals surface area contributed by atoms with Gasteiger partial charge in [0, 0.05) is 0 Å². The van der Waals surface area contributed by atoms with E-state index in [1.165, 1.54) is 57.8 Å². The first-order valence-corrected chi connectivity index (χ1v) is 8.87. The number of hydrogen-bond acceptors (Lipinski definition) is 4. The van der Waals surface area contributed by atoms with Gasteiger partial charge in [0.1, 0.15) is 12.7 Å². The van der Waals surface area contributed by atoms with Gasteiger partial charge in [-0.1, -0.05) is 64.7 Å². The molecule has 0 aliphatic carbocycles. The van der Waals surface area contributed by atoms with Crippen LogP contribution in [0.5, 0.6) is 0 Å². The molecule has 0 N–H and O–H groups in total. The van der Waals surface area contributed by atoms with E-state index in [2.05, 4.69) is 6.92 Å². The summed E-state index contributed by atoms with van der Waals surface area (Å²) in [4.78, 5) is 10.2. The first-order valence-electron chi connectivity index (χ1n) is 8.87. The Morgan fingerprint density at radius 1 is 0.762 bits per heavy atom. The van der Waals surface area contributed by atoms with Crippen molar-refractivity contribution in [2.24, 2.45) is 0 Å². The fraction of sp³-hybridized carbons (Fsp3) is 1.00. The lowest BCUT2D eigenvalue weighted by atomic mass is 10.1. The maximum atomic E-state index is 5.33. The minimum atomic E-state index is 0.331. The summed E-state index contributed by atoms with van der Waals surface area (Å²) in [7, 11) is 0. The van der Waals surface area contributed by atoms with Gasteiger partial charge >= 0.3 is 0 Å². The van der Waals surface area contributed by atoms with Gasteiger partial charge in [-0.2, -0.15) is 0 Å². The van der Waals surface area contributed by atoms with E-state index in [4.69, 9.17) is 19.2 Å². The van der Waals surface area contributed by atoms with Crippen LogP contribution in [0.3, 0.4) is 0 Å². The molecule has 0 bridgehead atoms. The van der Waals surface area contributed by atoms with Crippen LogP contribution in [-0.4, -0.2) is 39.1 Å². The van der Waals surface area contributed by atoms with Gasteiger partial charge in [0.25, 0.3) is 0 Å². The van der Waals surface area contributed by atoms with Gasteiger partial charge in [0.2, 0.25) is 0 Å². The number of unbranched alkanes of at least 4 members (excludes halogenated alkanes) is 9. The molecule has 0 aromatic heterocycles. The van der Waals surface area contributed by atoms with E-state index < -0.39 is 0 Å². The molecule has 0 spiro atoms. The van der Waals surface area contributed by atoms with Gasteiger partial charge in [-0.3, -0.25) is 0 Å². The molecule has 1 heterocycles. The van der Waals surface area contributed by atoms with Crippen LogP contribution in [0.4, 0.5) is 0 Å². The molecule has 0 aromatic carbocycles. The second-order valence-corrected chi connectivity index (χ2v) is 5.86. The van der Waals surface area contributed by atoms with Crippen molar-refractivity contribution in [1.82, 2.24) is 0 Å². The first kappa shape index (κ1) is 18.9. The summed E-state index contributed by atoms with van der Waals surface area (Å²) >= 11 is 0. The molecule has 1 aliphatic heterocycles. The topological polar surface area (TPSA) is 40.2 Å². The van der Waals surface area contributed by atoms with Crippen molar-refractivity contribution >= 4 is 0 Å². The third kappa shape index (κ3) is 14.5. The molecule has 1 rings (SSSR count). The zero-order valence-corrected chi connectivity index (χ0v) is 13.8. The average Bonchev–Trinajstić information content (AvgIpc) is 3.31. The maximum Gasteiger partial charge on any atom is 0.106 e. The van der Waals surface area contributed by atoms with Crippen molar-refractivity contribution in [2.75, 3.05) is 33.0 Å². The molecule has 21 heavy (non-hydrogen) atoms. The minimum absolute atomic E-state index is 0.331. The fourth-order valence-electron chi connectivity index (χ4n) is 2.24. The van der Waals surface area contributed by atoms with Crippen LogP contribution in [0.2, 0.25) is 0 Å². The summed E-state index contributed by atoms with van der Waals surface area (Å²) in [5, 5.41) is 0. The SMILES string of the molecule is CCCCCCCCCCCCOOCCOCC1CO1. The minimum Gasteiger partial charge on any atom is -0.376 e. The van der Waals surface area contributed by atoms with Crippen LogP contribution in [0.25, 0.3) is 0 Å². The molecule has 1 fully saturated rings. The van der Waals surface area contributed by atoms with Crippen LogP contribution in [0.15, 0.2) is 0 Å². The molecule has 4 heteroatoms. The van der Waals surface area contributed by atoms with E-state index in [0.29, 0.717) is 32.5 Å². The number of epoxide rings is 1. The second-order valence-electron chi connectivity index (χ2n) is 5.86. The van der Waals surface area contributed by atoms with Gasteiger partial charge in [-0.15, -0.1) is 0 Å². The Hall–Kier alpha value is -0.160. The van der Waals surface area contributed by atoms with Gasteiger partial charge in [0.05, 0.1) is 26.4 Å². The normalized spacial score (nSPS) is 17.3. The fourth-order valence-corrected chi connectivity index (χ4v) is 2.24. The monoisotopic (exact) mass is 302 g/mol. The lowest BCUT2D eigenvalue weighted by molar-refractivity contribution is -0.299. The highest BCUT2D eigenvalue weighted by Crippen LogP contribution is 2.10. The molecule has 0 aromatic rings. The molecule has 1 unspecified atom stereocenters. The van der Waals surface area contributed by atoms with Crippen molar-refractivity contribution in [2.45, 2.75) is 77.2 Å². The van der Waals surface area contributed by atoms with Gasteiger partial charge in [-0.25, -0.2) is 9.78 Å². The van der Waals surface area contributed by atoms with Gasteiger partial charge < -0.3 is 9.47 Å². The lowest BCUT2D eigenvalue weighted by Gasteiger charge is -2.05. The van der Waals surface area contributed by atoms with E-state index in [0.717, 1.165) is 13.0 Å². The Labute approximate surface area is 130 Å². The van der Waals surface area contributed by atoms with Crippen LogP contribution in [0.1, 0.15) is 71.1 Å². The summed E-state index contributed by atoms with van der Waals surface area (Å²) in [6.45, 7) is 5.57. The van der Waals surface area contributed by atoms with E-state index in [-0.39, 0.29) is 0 Å². The van der Waals surface area contributed by atoms with Crippen molar-refractivity contribution in [3.8, 4) is 0 Å². The zero-order valence-electron chi connectivity index (χ0n) is 13.8. The third-order valence-electron chi connectivity index (χ3n) is 3.68. The molecule has 1 saturated heterocycles. The second kappa shape index (κ2) is 14.8.